The first-order valence-corrected chi connectivity index (χ1v) is 12.2. The van der Waals surface area contributed by atoms with E-state index in [2.05, 4.69) is 69.8 Å². The summed E-state index contributed by atoms with van der Waals surface area (Å²) in [6.07, 6.45) is 2.32. The van der Waals surface area contributed by atoms with E-state index in [4.69, 9.17) is 0 Å². The van der Waals surface area contributed by atoms with Gasteiger partial charge in [-0.1, -0.05) is 27.7 Å². The van der Waals surface area contributed by atoms with Crippen LogP contribution in [-0.4, -0.2) is 0 Å². The SMILES string of the molecule is Cc1sc(CC(C)c2csc(CC(C)c3ccsc3)c2C)cc1C(C)C. The summed E-state index contributed by atoms with van der Waals surface area (Å²) < 4.78 is 0. The van der Waals surface area contributed by atoms with E-state index in [0.717, 1.165) is 12.8 Å². The molecule has 3 heteroatoms. The summed E-state index contributed by atoms with van der Waals surface area (Å²) in [7, 11) is 0. The molecule has 3 rings (SSSR count). The first-order valence-electron chi connectivity index (χ1n) is 9.55. The normalized spacial score (nSPS) is 14.1. The van der Waals surface area contributed by atoms with Crippen molar-refractivity contribution in [1.82, 2.24) is 0 Å². The van der Waals surface area contributed by atoms with Crippen molar-refractivity contribution in [2.75, 3.05) is 0 Å². The van der Waals surface area contributed by atoms with E-state index in [1.807, 2.05) is 22.7 Å². The number of rotatable bonds is 7. The van der Waals surface area contributed by atoms with Crippen LogP contribution in [0.5, 0.6) is 0 Å². The van der Waals surface area contributed by atoms with Crippen molar-refractivity contribution >= 4 is 34.0 Å². The van der Waals surface area contributed by atoms with Gasteiger partial charge in [0.05, 0.1) is 0 Å². The Morgan fingerprint density at radius 1 is 0.923 bits per heavy atom. The second-order valence-corrected chi connectivity index (χ2v) is 11.0. The Kier molecular flexibility index (Phi) is 6.42. The van der Waals surface area contributed by atoms with Crippen LogP contribution in [0.2, 0.25) is 0 Å². The van der Waals surface area contributed by atoms with Gasteiger partial charge in [-0.2, -0.15) is 11.3 Å². The van der Waals surface area contributed by atoms with E-state index in [1.54, 1.807) is 21.8 Å². The van der Waals surface area contributed by atoms with Crippen molar-refractivity contribution in [2.24, 2.45) is 0 Å². The van der Waals surface area contributed by atoms with Crippen LogP contribution < -0.4 is 0 Å². The Labute approximate surface area is 170 Å². The van der Waals surface area contributed by atoms with Gasteiger partial charge in [0.25, 0.3) is 0 Å². The van der Waals surface area contributed by atoms with Crippen LogP contribution in [0.25, 0.3) is 0 Å². The van der Waals surface area contributed by atoms with Crippen molar-refractivity contribution in [3.63, 3.8) is 0 Å². The average Bonchev–Trinajstić information content (AvgIpc) is 3.29. The fourth-order valence-electron chi connectivity index (χ4n) is 3.76. The second-order valence-electron chi connectivity index (χ2n) is 7.89. The highest BCUT2D eigenvalue weighted by Crippen LogP contribution is 2.36. The first-order chi connectivity index (χ1) is 12.4. The van der Waals surface area contributed by atoms with Crippen LogP contribution in [-0.2, 0) is 12.8 Å². The number of hydrogen-bond donors (Lipinski definition) is 0. The predicted molar refractivity (Wildman–Crippen MR) is 121 cm³/mol. The number of hydrogen-bond acceptors (Lipinski definition) is 3. The number of aryl methyl sites for hydroxylation is 1. The molecule has 3 aromatic heterocycles. The summed E-state index contributed by atoms with van der Waals surface area (Å²) in [6, 6.07) is 4.72. The fraction of sp³-hybridized carbons (Fsp3) is 0.478. The minimum Gasteiger partial charge on any atom is -0.152 e. The molecule has 26 heavy (non-hydrogen) atoms. The molecule has 0 fully saturated rings. The van der Waals surface area contributed by atoms with Gasteiger partial charge < -0.3 is 0 Å². The largest absolute Gasteiger partial charge is 0.152 e. The summed E-state index contributed by atoms with van der Waals surface area (Å²) in [5.74, 6) is 1.83. The molecule has 0 aliphatic rings. The Morgan fingerprint density at radius 2 is 1.69 bits per heavy atom. The monoisotopic (exact) mass is 402 g/mol. The molecular weight excluding hydrogens is 372 g/mol. The van der Waals surface area contributed by atoms with Crippen LogP contribution in [0.3, 0.4) is 0 Å². The third kappa shape index (κ3) is 4.32. The third-order valence-electron chi connectivity index (χ3n) is 5.45. The molecule has 2 unspecified atom stereocenters. The van der Waals surface area contributed by atoms with Gasteiger partial charge in [-0.05, 0) is 95.0 Å². The highest BCUT2D eigenvalue weighted by atomic mass is 32.1. The molecule has 0 aliphatic carbocycles. The smallest absolute Gasteiger partial charge is 0.00833 e. The van der Waals surface area contributed by atoms with Gasteiger partial charge in [0, 0.05) is 14.6 Å². The molecule has 3 aromatic rings. The first kappa shape index (κ1) is 19.9. The summed E-state index contributed by atoms with van der Waals surface area (Å²) in [4.78, 5) is 4.60. The van der Waals surface area contributed by atoms with E-state index in [-0.39, 0.29) is 0 Å². The van der Waals surface area contributed by atoms with Crippen LogP contribution >= 0.6 is 34.0 Å². The van der Waals surface area contributed by atoms with Crippen LogP contribution in [0, 0.1) is 13.8 Å². The molecule has 0 aliphatic heterocycles. The minimum absolute atomic E-state index is 0.592. The maximum atomic E-state index is 2.45. The summed E-state index contributed by atoms with van der Waals surface area (Å²) >= 11 is 5.76. The van der Waals surface area contributed by atoms with Crippen molar-refractivity contribution in [3.05, 3.63) is 65.2 Å². The molecule has 0 saturated heterocycles. The molecule has 0 nitrogen and oxygen atoms in total. The average molecular weight is 403 g/mol. The summed E-state index contributed by atoms with van der Waals surface area (Å²) in [5.41, 5.74) is 6.10. The van der Waals surface area contributed by atoms with Gasteiger partial charge in [-0.15, -0.1) is 22.7 Å². The molecule has 0 spiro atoms. The summed E-state index contributed by atoms with van der Waals surface area (Å²) in [6.45, 7) is 13.9. The van der Waals surface area contributed by atoms with Crippen molar-refractivity contribution in [1.29, 1.82) is 0 Å². The van der Waals surface area contributed by atoms with Gasteiger partial charge in [0.15, 0.2) is 0 Å². The zero-order valence-corrected chi connectivity index (χ0v) is 19.2. The predicted octanol–water partition coefficient (Wildman–Crippen LogP) is 8.30. The molecule has 140 valence electrons. The van der Waals surface area contributed by atoms with Crippen LogP contribution in [0.1, 0.15) is 82.3 Å². The van der Waals surface area contributed by atoms with E-state index < -0.39 is 0 Å². The van der Waals surface area contributed by atoms with Crippen LogP contribution in [0.4, 0.5) is 0 Å². The Hall–Kier alpha value is -0.900. The highest BCUT2D eigenvalue weighted by Gasteiger charge is 2.18. The second kappa shape index (κ2) is 8.41. The fourth-order valence-corrected chi connectivity index (χ4v) is 7.18. The zero-order valence-electron chi connectivity index (χ0n) is 16.8. The maximum absolute atomic E-state index is 2.45. The highest BCUT2D eigenvalue weighted by molar-refractivity contribution is 7.12. The van der Waals surface area contributed by atoms with Gasteiger partial charge in [0.1, 0.15) is 0 Å². The van der Waals surface area contributed by atoms with Gasteiger partial charge in [-0.3, -0.25) is 0 Å². The van der Waals surface area contributed by atoms with E-state index in [1.165, 1.54) is 26.4 Å². The molecule has 0 saturated carbocycles. The van der Waals surface area contributed by atoms with Crippen molar-refractivity contribution < 1.29 is 0 Å². The van der Waals surface area contributed by atoms with E-state index in [9.17, 15) is 0 Å². The molecule has 0 aromatic carbocycles. The van der Waals surface area contributed by atoms with Gasteiger partial charge in [0.2, 0.25) is 0 Å². The molecule has 0 amide bonds. The lowest BCUT2D eigenvalue weighted by atomic mass is 9.92. The lowest BCUT2D eigenvalue weighted by molar-refractivity contribution is 0.749. The summed E-state index contributed by atoms with van der Waals surface area (Å²) in [5, 5.41) is 6.90. The zero-order chi connectivity index (χ0) is 18.8. The maximum Gasteiger partial charge on any atom is 0.00833 e. The lowest BCUT2D eigenvalue weighted by Gasteiger charge is -2.13. The standard InChI is InChI=1S/C23H30S3/c1-14(2)21-11-20(26-18(21)6)9-16(4)22-13-25-23(17(22)5)10-15(3)19-7-8-24-12-19/h7-8,11-16H,9-10H2,1-6H3. The Bertz CT molecular complexity index is 833. The Morgan fingerprint density at radius 3 is 2.31 bits per heavy atom. The van der Waals surface area contributed by atoms with Crippen molar-refractivity contribution in [3.8, 4) is 0 Å². The van der Waals surface area contributed by atoms with Gasteiger partial charge in [-0.25, -0.2) is 0 Å². The third-order valence-corrected chi connectivity index (χ3v) is 8.37. The molecule has 0 radical (unpaired) electrons. The molecular formula is C23H30S3. The molecule has 0 bridgehead atoms. The van der Waals surface area contributed by atoms with Crippen LogP contribution in [0.15, 0.2) is 28.3 Å². The van der Waals surface area contributed by atoms with E-state index in [0.29, 0.717) is 17.8 Å². The minimum atomic E-state index is 0.592. The number of thiophene rings is 3. The van der Waals surface area contributed by atoms with E-state index >= 15 is 0 Å². The van der Waals surface area contributed by atoms with Gasteiger partial charge >= 0.3 is 0 Å². The topological polar surface area (TPSA) is 0 Å². The lowest BCUT2D eigenvalue weighted by Crippen LogP contribution is -2.00. The molecule has 0 N–H and O–H groups in total. The quantitative estimate of drug-likeness (QED) is 0.373. The Balaban J connectivity index is 1.71. The molecule has 2 atom stereocenters. The van der Waals surface area contributed by atoms with Crippen molar-refractivity contribution in [2.45, 2.75) is 72.1 Å². The molecule has 3 heterocycles.